The smallest absolute Gasteiger partial charge is 0.313 e. The number of rotatable bonds is 6. The molecule has 5 heteroatoms. The summed E-state index contributed by atoms with van der Waals surface area (Å²) in [4.78, 5) is 25.6. The second-order valence-corrected chi connectivity index (χ2v) is 7.92. The van der Waals surface area contributed by atoms with Gasteiger partial charge in [0.25, 0.3) is 0 Å². The van der Waals surface area contributed by atoms with Crippen molar-refractivity contribution in [3.05, 3.63) is 23.3 Å². The van der Waals surface area contributed by atoms with Crippen LogP contribution in [0.4, 0.5) is 0 Å². The maximum atomic E-state index is 13.1. The first-order valence-electron chi connectivity index (χ1n) is 9.83. The van der Waals surface area contributed by atoms with Crippen LogP contribution in [0.3, 0.4) is 0 Å². The molecule has 5 nitrogen and oxygen atoms in total. The van der Waals surface area contributed by atoms with E-state index in [1.807, 2.05) is 19.1 Å². The summed E-state index contributed by atoms with van der Waals surface area (Å²) in [5, 5.41) is 10.7. The van der Waals surface area contributed by atoms with Gasteiger partial charge < -0.3 is 14.6 Å². The lowest BCUT2D eigenvalue weighted by Gasteiger charge is -2.39. The van der Waals surface area contributed by atoms with Gasteiger partial charge in [0.05, 0.1) is 24.7 Å². The summed E-state index contributed by atoms with van der Waals surface area (Å²) < 4.78 is 11.3. The maximum Gasteiger partial charge on any atom is 0.313 e. The predicted molar refractivity (Wildman–Crippen MR) is 97.4 cm³/mol. The fourth-order valence-electron chi connectivity index (χ4n) is 4.66. The van der Waals surface area contributed by atoms with Crippen LogP contribution in [-0.4, -0.2) is 41.3 Å². The minimum atomic E-state index is -1.16. The molecule has 2 aliphatic heterocycles. The van der Waals surface area contributed by atoms with Gasteiger partial charge in [-0.1, -0.05) is 43.9 Å². The molecule has 1 unspecified atom stereocenters. The van der Waals surface area contributed by atoms with Gasteiger partial charge >= 0.3 is 5.97 Å². The Morgan fingerprint density at radius 2 is 2.08 bits per heavy atom. The van der Waals surface area contributed by atoms with Crippen molar-refractivity contribution in [1.82, 2.24) is 0 Å². The SMILES string of the molecule is C/C=C/[C@@H]1CC2=C(CO1)C(=O)[C@]1(C)OC(=O)[C@H](C(O)CCCCC)[C@H]1C2. The quantitative estimate of drug-likeness (QED) is 0.446. The molecule has 0 radical (unpaired) electrons. The summed E-state index contributed by atoms with van der Waals surface area (Å²) in [6.07, 6.45) is 8.00. The van der Waals surface area contributed by atoms with Crippen molar-refractivity contribution in [3.8, 4) is 0 Å². The Labute approximate surface area is 155 Å². The van der Waals surface area contributed by atoms with Crippen LogP contribution in [0, 0.1) is 11.8 Å². The predicted octanol–water partition coefficient (Wildman–Crippen LogP) is 3.11. The molecule has 1 N–H and O–H groups in total. The van der Waals surface area contributed by atoms with Crippen LogP contribution in [0.2, 0.25) is 0 Å². The molecule has 1 aliphatic carbocycles. The third kappa shape index (κ3) is 3.27. The number of aliphatic hydroxyl groups is 1. The molecule has 0 aromatic heterocycles. The number of ketones is 1. The summed E-state index contributed by atoms with van der Waals surface area (Å²) in [7, 11) is 0. The molecule has 1 saturated heterocycles. The molecule has 2 heterocycles. The van der Waals surface area contributed by atoms with Gasteiger partial charge in [-0.2, -0.15) is 0 Å². The number of hydrogen-bond donors (Lipinski definition) is 1. The normalized spacial score (nSPS) is 35.5. The molecule has 0 saturated carbocycles. The molecular formula is C21H30O5. The number of hydrogen-bond acceptors (Lipinski definition) is 5. The lowest BCUT2D eigenvalue weighted by molar-refractivity contribution is -0.158. The van der Waals surface area contributed by atoms with Crippen LogP contribution in [-0.2, 0) is 19.1 Å². The molecule has 144 valence electrons. The summed E-state index contributed by atoms with van der Waals surface area (Å²) in [6, 6.07) is 0. The first-order chi connectivity index (χ1) is 12.4. The Hall–Kier alpha value is -1.46. The summed E-state index contributed by atoms with van der Waals surface area (Å²) in [5.74, 6) is -1.47. The third-order valence-electron chi connectivity index (χ3n) is 6.16. The van der Waals surface area contributed by atoms with E-state index >= 15 is 0 Å². The largest absolute Gasteiger partial charge is 0.450 e. The van der Waals surface area contributed by atoms with Gasteiger partial charge in [-0.25, -0.2) is 0 Å². The average molecular weight is 362 g/mol. The Bertz CT molecular complexity index is 634. The van der Waals surface area contributed by atoms with Crippen LogP contribution in [0.1, 0.15) is 59.3 Å². The number of esters is 1. The number of allylic oxidation sites excluding steroid dienone is 1. The van der Waals surface area contributed by atoms with Crippen molar-refractivity contribution >= 4 is 11.8 Å². The Morgan fingerprint density at radius 3 is 2.77 bits per heavy atom. The zero-order chi connectivity index (χ0) is 18.9. The molecule has 0 bridgehead atoms. The fraction of sp³-hybridized carbons (Fsp3) is 0.714. The van der Waals surface area contributed by atoms with E-state index in [1.54, 1.807) is 6.92 Å². The van der Waals surface area contributed by atoms with Crippen molar-refractivity contribution in [2.45, 2.75) is 77.1 Å². The van der Waals surface area contributed by atoms with E-state index in [2.05, 4.69) is 6.92 Å². The molecule has 0 aromatic carbocycles. The number of ether oxygens (including phenoxy) is 2. The van der Waals surface area contributed by atoms with Gasteiger partial charge in [0.2, 0.25) is 5.78 Å². The number of unbranched alkanes of at least 4 members (excludes halogenated alkanes) is 2. The van der Waals surface area contributed by atoms with Crippen LogP contribution in [0.25, 0.3) is 0 Å². The van der Waals surface area contributed by atoms with Crippen LogP contribution < -0.4 is 0 Å². The van der Waals surface area contributed by atoms with E-state index in [9.17, 15) is 14.7 Å². The molecule has 0 amide bonds. The van der Waals surface area contributed by atoms with Gasteiger partial charge in [0.15, 0.2) is 5.60 Å². The summed E-state index contributed by atoms with van der Waals surface area (Å²) in [6.45, 7) is 6.03. The van der Waals surface area contributed by atoms with Crippen molar-refractivity contribution in [2.24, 2.45) is 11.8 Å². The molecule has 5 atom stereocenters. The first kappa shape index (κ1) is 19.3. The molecule has 0 spiro atoms. The van der Waals surface area contributed by atoms with E-state index in [0.717, 1.165) is 24.8 Å². The fourth-order valence-corrected chi connectivity index (χ4v) is 4.66. The highest BCUT2D eigenvalue weighted by molar-refractivity contribution is 6.06. The number of carbonyl (C=O) groups is 2. The van der Waals surface area contributed by atoms with E-state index in [4.69, 9.17) is 9.47 Å². The first-order valence-corrected chi connectivity index (χ1v) is 9.83. The van der Waals surface area contributed by atoms with E-state index in [-0.39, 0.29) is 24.4 Å². The third-order valence-corrected chi connectivity index (χ3v) is 6.16. The number of fused-ring (bicyclic) bond motifs is 1. The molecular weight excluding hydrogens is 332 g/mol. The number of carbonyl (C=O) groups excluding carboxylic acids is 2. The van der Waals surface area contributed by atoms with E-state index in [1.165, 1.54) is 0 Å². The van der Waals surface area contributed by atoms with E-state index in [0.29, 0.717) is 24.8 Å². The minimum absolute atomic E-state index is 0.0261. The van der Waals surface area contributed by atoms with Crippen LogP contribution >= 0.6 is 0 Å². The molecule has 3 aliphatic rings. The highest BCUT2D eigenvalue weighted by atomic mass is 16.6. The van der Waals surface area contributed by atoms with Gasteiger partial charge in [0.1, 0.15) is 0 Å². The topological polar surface area (TPSA) is 72.8 Å². The Morgan fingerprint density at radius 1 is 1.31 bits per heavy atom. The van der Waals surface area contributed by atoms with Crippen LogP contribution in [0.15, 0.2) is 23.3 Å². The maximum absolute atomic E-state index is 13.1. The zero-order valence-corrected chi connectivity index (χ0v) is 16.0. The molecule has 0 aromatic rings. The molecule has 26 heavy (non-hydrogen) atoms. The second kappa shape index (κ2) is 7.65. The monoisotopic (exact) mass is 362 g/mol. The van der Waals surface area contributed by atoms with Crippen LogP contribution in [0.5, 0.6) is 0 Å². The van der Waals surface area contributed by atoms with Gasteiger partial charge in [-0.3, -0.25) is 9.59 Å². The summed E-state index contributed by atoms with van der Waals surface area (Å²) in [5.41, 5.74) is 0.567. The summed E-state index contributed by atoms with van der Waals surface area (Å²) >= 11 is 0. The molecule has 3 rings (SSSR count). The zero-order valence-electron chi connectivity index (χ0n) is 16.0. The number of aliphatic hydroxyl groups excluding tert-OH is 1. The van der Waals surface area contributed by atoms with Gasteiger partial charge in [0, 0.05) is 11.5 Å². The van der Waals surface area contributed by atoms with Gasteiger partial charge in [-0.05, 0) is 33.1 Å². The standard InChI is InChI=1S/C21H30O5/c1-4-6-7-9-17(22)18-16-11-13-10-14(8-5-2)25-12-15(13)19(23)21(16,3)26-20(18)24/h5,8,14,16-18,22H,4,6-7,9-12H2,1-3H3/b8-5+/t14-,16-,17?,18+,21-/m1/s1. The minimum Gasteiger partial charge on any atom is -0.450 e. The van der Waals surface area contributed by atoms with Crippen molar-refractivity contribution in [1.29, 1.82) is 0 Å². The van der Waals surface area contributed by atoms with E-state index < -0.39 is 23.6 Å². The lowest BCUT2D eigenvalue weighted by Crippen LogP contribution is -2.49. The van der Waals surface area contributed by atoms with Gasteiger partial charge in [-0.15, -0.1) is 0 Å². The Kier molecular flexibility index (Phi) is 5.68. The molecule has 1 fully saturated rings. The van der Waals surface area contributed by atoms with Crippen molar-refractivity contribution < 1.29 is 24.2 Å². The second-order valence-electron chi connectivity index (χ2n) is 7.92. The number of Topliss-reactive ketones (excluding diaryl/α,β-unsaturated/α-hetero) is 1. The highest BCUT2D eigenvalue weighted by Crippen LogP contribution is 2.50. The highest BCUT2D eigenvalue weighted by Gasteiger charge is 2.61. The Balaban J connectivity index is 1.83. The van der Waals surface area contributed by atoms with Crippen molar-refractivity contribution in [2.75, 3.05) is 6.61 Å². The lowest BCUT2D eigenvalue weighted by atomic mass is 9.66. The average Bonchev–Trinajstić information content (AvgIpc) is 2.86. The van der Waals surface area contributed by atoms with Crippen molar-refractivity contribution in [3.63, 3.8) is 0 Å².